The third kappa shape index (κ3) is 4.78. The van der Waals surface area contributed by atoms with Gasteiger partial charge in [-0.3, -0.25) is 0 Å². The summed E-state index contributed by atoms with van der Waals surface area (Å²) in [5, 5.41) is 2.87. The lowest BCUT2D eigenvalue weighted by atomic mass is 9.94. The van der Waals surface area contributed by atoms with Gasteiger partial charge in [-0.25, -0.2) is 4.39 Å². The molecule has 0 spiro atoms. The van der Waals surface area contributed by atoms with Crippen molar-refractivity contribution in [3.05, 3.63) is 35.1 Å². The van der Waals surface area contributed by atoms with Gasteiger partial charge >= 0.3 is 6.18 Å². The van der Waals surface area contributed by atoms with Crippen LogP contribution in [0, 0.1) is 11.7 Å². The second-order valence-electron chi connectivity index (χ2n) is 5.40. The standard InChI is InChI=1S/C15H21F4N/c1-10(2)5-4-6-14(20-3)12-9-11(16)7-8-13(12)15(17,18)19/h7-10,14,20H,4-6H2,1-3H3. The van der Waals surface area contributed by atoms with E-state index in [4.69, 9.17) is 0 Å². The van der Waals surface area contributed by atoms with E-state index in [1.807, 2.05) is 0 Å². The highest BCUT2D eigenvalue weighted by molar-refractivity contribution is 5.33. The molecule has 1 aromatic rings. The number of halogens is 4. The highest BCUT2D eigenvalue weighted by Gasteiger charge is 2.35. The number of rotatable bonds is 6. The van der Waals surface area contributed by atoms with Gasteiger partial charge in [0.25, 0.3) is 0 Å². The van der Waals surface area contributed by atoms with E-state index < -0.39 is 23.6 Å². The van der Waals surface area contributed by atoms with Crippen molar-refractivity contribution in [3.8, 4) is 0 Å². The highest BCUT2D eigenvalue weighted by atomic mass is 19.4. The first-order valence-electron chi connectivity index (χ1n) is 6.79. The topological polar surface area (TPSA) is 12.0 Å². The molecule has 0 aliphatic carbocycles. The van der Waals surface area contributed by atoms with Crippen LogP contribution >= 0.6 is 0 Å². The summed E-state index contributed by atoms with van der Waals surface area (Å²) in [6.07, 6.45) is -2.16. The number of hydrogen-bond donors (Lipinski definition) is 1. The SMILES string of the molecule is CNC(CCCC(C)C)c1cc(F)ccc1C(F)(F)F. The molecule has 0 aromatic heterocycles. The summed E-state index contributed by atoms with van der Waals surface area (Å²) in [5.74, 6) is -0.140. The zero-order valence-corrected chi connectivity index (χ0v) is 12.0. The first-order chi connectivity index (χ1) is 9.25. The fourth-order valence-electron chi connectivity index (χ4n) is 2.27. The second kappa shape index (κ2) is 7.07. The van der Waals surface area contributed by atoms with Crippen LogP contribution in [0.15, 0.2) is 18.2 Å². The molecule has 5 heteroatoms. The predicted octanol–water partition coefficient (Wildman–Crippen LogP) is 4.93. The number of nitrogens with one attached hydrogen (secondary N) is 1. The van der Waals surface area contributed by atoms with Gasteiger partial charge in [-0.1, -0.05) is 26.7 Å². The molecule has 0 fully saturated rings. The van der Waals surface area contributed by atoms with Crippen molar-refractivity contribution in [1.82, 2.24) is 5.32 Å². The molecule has 1 aromatic carbocycles. The molecule has 1 rings (SSSR count). The Hall–Kier alpha value is -1.10. The van der Waals surface area contributed by atoms with E-state index in [1.165, 1.54) is 0 Å². The van der Waals surface area contributed by atoms with Crippen LogP contribution in [-0.2, 0) is 6.18 Å². The molecule has 0 aliphatic heterocycles. The van der Waals surface area contributed by atoms with Crippen molar-refractivity contribution in [1.29, 1.82) is 0 Å². The first kappa shape index (κ1) is 17.0. The van der Waals surface area contributed by atoms with E-state index in [9.17, 15) is 17.6 Å². The van der Waals surface area contributed by atoms with E-state index in [2.05, 4.69) is 19.2 Å². The van der Waals surface area contributed by atoms with E-state index in [1.54, 1.807) is 7.05 Å². The number of alkyl halides is 3. The summed E-state index contributed by atoms with van der Waals surface area (Å²) in [6, 6.07) is 2.17. The Balaban J connectivity index is 2.98. The first-order valence-corrected chi connectivity index (χ1v) is 6.79. The Morgan fingerprint density at radius 1 is 1.15 bits per heavy atom. The van der Waals surface area contributed by atoms with Crippen LogP contribution in [0.4, 0.5) is 17.6 Å². The quantitative estimate of drug-likeness (QED) is 0.733. The van der Waals surface area contributed by atoms with Crippen LogP contribution in [0.3, 0.4) is 0 Å². The van der Waals surface area contributed by atoms with Gasteiger partial charge in [0.05, 0.1) is 5.56 Å². The Kier molecular flexibility index (Phi) is 5.99. The van der Waals surface area contributed by atoms with Crippen LogP contribution in [0.5, 0.6) is 0 Å². The van der Waals surface area contributed by atoms with E-state index in [0.717, 1.165) is 31.0 Å². The molecule has 0 saturated heterocycles. The molecular weight excluding hydrogens is 270 g/mol. The average molecular weight is 291 g/mol. The molecule has 0 radical (unpaired) electrons. The molecule has 0 bridgehead atoms. The minimum absolute atomic E-state index is 0.0104. The third-order valence-corrected chi connectivity index (χ3v) is 3.32. The van der Waals surface area contributed by atoms with Gasteiger partial charge < -0.3 is 5.32 Å². The summed E-state index contributed by atoms with van der Waals surface area (Å²) in [5.41, 5.74) is -0.772. The van der Waals surface area contributed by atoms with Crippen LogP contribution < -0.4 is 5.32 Å². The largest absolute Gasteiger partial charge is 0.416 e. The summed E-state index contributed by atoms with van der Waals surface area (Å²) in [6.45, 7) is 4.13. The molecule has 1 unspecified atom stereocenters. The van der Waals surface area contributed by atoms with E-state index in [0.29, 0.717) is 12.3 Å². The van der Waals surface area contributed by atoms with E-state index >= 15 is 0 Å². The van der Waals surface area contributed by atoms with Crippen LogP contribution in [-0.4, -0.2) is 7.05 Å². The Bertz CT molecular complexity index is 426. The normalized spacial score (nSPS) is 13.8. The van der Waals surface area contributed by atoms with Crippen molar-refractivity contribution in [2.75, 3.05) is 7.05 Å². The van der Waals surface area contributed by atoms with Crippen LogP contribution in [0.25, 0.3) is 0 Å². The average Bonchev–Trinajstić information content (AvgIpc) is 2.32. The number of benzene rings is 1. The van der Waals surface area contributed by atoms with Crippen molar-refractivity contribution >= 4 is 0 Å². The summed E-state index contributed by atoms with van der Waals surface area (Å²) >= 11 is 0. The predicted molar refractivity (Wildman–Crippen MR) is 71.9 cm³/mol. The van der Waals surface area contributed by atoms with Crippen LogP contribution in [0.1, 0.15) is 50.3 Å². The molecule has 0 heterocycles. The lowest BCUT2D eigenvalue weighted by Gasteiger charge is -2.22. The minimum Gasteiger partial charge on any atom is -0.313 e. The maximum atomic E-state index is 13.3. The lowest BCUT2D eigenvalue weighted by Crippen LogP contribution is -2.21. The van der Waals surface area contributed by atoms with Gasteiger partial charge in [0.15, 0.2) is 0 Å². The molecule has 1 atom stereocenters. The molecule has 0 saturated carbocycles. The molecule has 20 heavy (non-hydrogen) atoms. The molecule has 0 amide bonds. The fraction of sp³-hybridized carbons (Fsp3) is 0.600. The highest BCUT2D eigenvalue weighted by Crippen LogP contribution is 2.36. The van der Waals surface area contributed by atoms with Crippen molar-refractivity contribution in [2.45, 2.75) is 45.3 Å². The minimum atomic E-state index is -4.46. The maximum Gasteiger partial charge on any atom is 0.416 e. The Morgan fingerprint density at radius 3 is 2.30 bits per heavy atom. The molecular formula is C15H21F4N. The number of hydrogen-bond acceptors (Lipinski definition) is 1. The zero-order valence-electron chi connectivity index (χ0n) is 12.0. The van der Waals surface area contributed by atoms with Crippen molar-refractivity contribution < 1.29 is 17.6 Å². The van der Waals surface area contributed by atoms with Gasteiger partial charge in [-0.2, -0.15) is 13.2 Å². The van der Waals surface area contributed by atoms with Gasteiger partial charge in [0, 0.05) is 6.04 Å². The molecule has 0 aliphatic rings. The monoisotopic (exact) mass is 291 g/mol. The second-order valence-corrected chi connectivity index (χ2v) is 5.40. The zero-order chi connectivity index (χ0) is 15.3. The van der Waals surface area contributed by atoms with Crippen LogP contribution in [0.2, 0.25) is 0 Å². The van der Waals surface area contributed by atoms with E-state index in [-0.39, 0.29) is 5.56 Å². The van der Waals surface area contributed by atoms with Crippen molar-refractivity contribution in [3.63, 3.8) is 0 Å². The maximum absolute atomic E-state index is 13.3. The van der Waals surface area contributed by atoms with Gasteiger partial charge in [-0.15, -0.1) is 0 Å². The summed E-state index contributed by atoms with van der Waals surface area (Å²) in [7, 11) is 1.60. The van der Waals surface area contributed by atoms with Gasteiger partial charge in [0.1, 0.15) is 5.82 Å². The molecule has 1 nitrogen and oxygen atoms in total. The Morgan fingerprint density at radius 2 is 1.80 bits per heavy atom. The lowest BCUT2D eigenvalue weighted by molar-refractivity contribution is -0.138. The molecule has 1 N–H and O–H groups in total. The third-order valence-electron chi connectivity index (χ3n) is 3.32. The Labute approximate surface area is 117 Å². The smallest absolute Gasteiger partial charge is 0.313 e. The summed E-state index contributed by atoms with van der Waals surface area (Å²) < 4.78 is 52.2. The van der Waals surface area contributed by atoms with Crippen molar-refractivity contribution in [2.24, 2.45) is 5.92 Å². The fourth-order valence-corrected chi connectivity index (χ4v) is 2.27. The van der Waals surface area contributed by atoms with Gasteiger partial charge in [-0.05, 0) is 43.1 Å². The summed E-state index contributed by atoms with van der Waals surface area (Å²) in [4.78, 5) is 0. The molecule has 114 valence electrons. The van der Waals surface area contributed by atoms with Gasteiger partial charge in [0.2, 0.25) is 0 Å².